The van der Waals surface area contributed by atoms with Crippen LogP contribution in [0, 0.1) is 53.3 Å². The van der Waals surface area contributed by atoms with Gasteiger partial charge in [0.25, 0.3) is 0 Å². The largest absolute Gasteiger partial charge is 0.480 e. The Kier molecular flexibility index (Phi) is 30.9. The van der Waals surface area contributed by atoms with Crippen LogP contribution in [0.1, 0.15) is 176 Å². The van der Waals surface area contributed by atoms with Crippen LogP contribution in [0.25, 0.3) is 0 Å². The molecule has 0 aromatic rings. The standard InChI is InChI=1S/C53H99N9O10/c1-19-28(11)37(55-45(63)36(54)27(9)10)46(64)56-38(29(12)20-2)47(65)57-39(30(13)21-3)48(66)58-40(31(14)22-4)49(67)59-41(32(15)23-5)50(68)60-42(33(16)24-6)51(69)61-43(34(17)25-7)52(70)62-44(53(71)72)35(18)26-8/h27-44H,19-26,54H2,1-18H3,(H,55,63)(H,56,64)(H,57,65)(H,58,66)(H,59,67)(H,60,68)(H,61,69)(H,62,70)(H,71,72)/t28-,29-,30-,31-,32-,33-,34-,35-,36-,37-,38-,39-,40-,41-,42-,43-,44-/m0/s1. The second-order valence-electron chi connectivity index (χ2n) is 21.1. The molecule has 0 bridgehead atoms. The van der Waals surface area contributed by atoms with E-state index in [0.717, 1.165) is 0 Å². The van der Waals surface area contributed by atoms with Gasteiger partial charge in [-0.25, -0.2) is 4.79 Å². The van der Waals surface area contributed by atoms with E-state index in [-0.39, 0.29) is 23.7 Å². The molecule has 72 heavy (non-hydrogen) atoms. The molecule has 416 valence electrons. The lowest BCUT2D eigenvalue weighted by molar-refractivity contribution is -0.144. The molecule has 0 unspecified atom stereocenters. The molecule has 0 aromatic carbocycles. The van der Waals surface area contributed by atoms with Crippen molar-refractivity contribution in [2.45, 2.75) is 230 Å². The van der Waals surface area contributed by atoms with E-state index >= 15 is 0 Å². The van der Waals surface area contributed by atoms with Crippen molar-refractivity contribution in [2.75, 3.05) is 0 Å². The maximum atomic E-state index is 14.5. The summed E-state index contributed by atoms with van der Waals surface area (Å²) >= 11 is 0. The second-order valence-corrected chi connectivity index (χ2v) is 21.1. The van der Waals surface area contributed by atoms with Crippen LogP contribution in [0.3, 0.4) is 0 Å². The molecule has 0 saturated carbocycles. The number of nitrogens with one attached hydrogen (secondary N) is 8. The van der Waals surface area contributed by atoms with Gasteiger partial charge >= 0.3 is 5.97 Å². The van der Waals surface area contributed by atoms with Crippen LogP contribution in [0.2, 0.25) is 0 Å². The van der Waals surface area contributed by atoms with Crippen LogP contribution in [0.15, 0.2) is 0 Å². The van der Waals surface area contributed by atoms with Gasteiger partial charge in [0.05, 0.1) is 6.04 Å². The molecule has 0 aliphatic heterocycles. The Balaban J connectivity index is 6.82. The SMILES string of the molecule is CC[C@H](C)[C@H](NC(=O)[C@@H](NC(=O)[C@@H](NC(=O)[C@@H](NC(=O)[C@@H](NC(=O)[C@@H](NC(=O)[C@@H](NC(=O)[C@@H](NC(=O)[C@@H](N)C(C)C)[C@@H](C)CC)[C@@H](C)CC)[C@@H](C)CC)[C@@H](C)CC)[C@@H](C)CC)[C@@H](C)CC)[C@@H](C)CC)C(=O)O. The first-order valence-corrected chi connectivity index (χ1v) is 27.0. The lowest BCUT2D eigenvalue weighted by atomic mass is 9.91. The molecule has 0 radical (unpaired) electrons. The van der Waals surface area contributed by atoms with Crippen LogP contribution < -0.4 is 48.3 Å². The molecule has 11 N–H and O–H groups in total. The lowest BCUT2D eigenvalue weighted by Gasteiger charge is -2.33. The lowest BCUT2D eigenvalue weighted by Crippen LogP contribution is -2.64. The van der Waals surface area contributed by atoms with Crippen molar-refractivity contribution in [2.24, 2.45) is 59.0 Å². The fraction of sp³-hybridized carbons (Fsp3) is 0.830. The van der Waals surface area contributed by atoms with E-state index in [1.165, 1.54) is 0 Å². The Morgan fingerprint density at radius 3 is 0.569 bits per heavy atom. The zero-order valence-electron chi connectivity index (χ0n) is 47.2. The van der Waals surface area contributed by atoms with Gasteiger partial charge in [0.2, 0.25) is 47.3 Å². The van der Waals surface area contributed by atoms with E-state index in [1.54, 1.807) is 62.3 Å². The number of rotatable bonds is 34. The number of aliphatic carboxylic acids is 1. The fourth-order valence-electron chi connectivity index (χ4n) is 7.85. The first-order valence-electron chi connectivity index (χ1n) is 27.0. The second kappa shape index (κ2) is 33.1. The number of nitrogens with two attached hydrogens (primary N) is 1. The highest BCUT2D eigenvalue weighted by Gasteiger charge is 2.40. The zero-order chi connectivity index (χ0) is 55.9. The Morgan fingerprint density at radius 2 is 0.431 bits per heavy atom. The highest BCUT2D eigenvalue weighted by Crippen LogP contribution is 2.19. The average molecular weight is 1020 g/mol. The van der Waals surface area contributed by atoms with Gasteiger partial charge in [-0.15, -0.1) is 0 Å². The maximum Gasteiger partial charge on any atom is 0.326 e. The van der Waals surface area contributed by atoms with E-state index < -0.39 is 137 Å². The first-order chi connectivity index (χ1) is 33.6. The predicted molar refractivity (Wildman–Crippen MR) is 282 cm³/mol. The molecule has 0 aliphatic rings. The van der Waals surface area contributed by atoms with Gasteiger partial charge in [0.1, 0.15) is 48.3 Å². The summed E-state index contributed by atoms with van der Waals surface area (Å²) in [7, 11) is 0. The third kappa shape index (κ3) is 20.2. The maximum absolute atomic E-state index is 14.5. The van der Waals surface area contributed by atoms with Crippen molar-refractivity contribution in [1.29, 1.82) is 0 Å². The predicted octanol–water partition coefficient (Wildman–Crippen LogP) is 4.30. The van der Waals surface area contributed by atoms with E-state index in [2.05, 4.69) is 42.5 Å². The zero-order valence-corrected chi connectivity index (χ0v) is 47.2. The van der Waals surface area contributed by atoms with Crippen LogP contribution in [-0.4, -0.2) is 113 Å². The number of hydrogen-bond donors (Lipinski definition) is 10. The molecular formula is C53H99N9O10. The number of carbonyl (C=O) groups excluding carboxylic acids is 8. The Morgan fingerprint density at radius 1 is 0.292 bits per heavy atom. The van der Waals surface area contributed by atoms with E-state index in [0.29, 0.717) is 51.4 Å². The van der Waals surface area contributed by atoms with Crippen molar-refractivity contribution in [1.82, 2.24) is 42.5 Å². The van der Waals surface area contributed by atoms with Gasteiger partial charge in [0.15, 0.2) is 0 Å². The minimum Gasteiger partial charge on any atom is -0.480 e. The molecule has 0 rings (SSSR count). The number of carboxylic acids is 1. The van der Waals surface area contributed by atoms with Gasteiger partial charge in [0, 0.05) is 0 Å². The number of carboxylic acid groups (broad SMARTS) is 1. The van der Waals surface area contributed by atoms with Gasteiger partial charge in [-0.05, 0) is 53.3 Å². The molecule has 0 saturated heterocycles. The molecule has 17 atom stereocenters. The van der Waals surface area contributed by atoms with Gasteiger partial charge < -0.3 is 53.4 Å². The monoisotopic (exact) mass is 1020 g/mol. The van der Waals surface area contributed by atoms with Crippen LogP contribution in [0.4, 0.5) is 0 Å². The smallest absolute Gasteiger partial charge is 0.326 e. The Labute approximate surface area is 432 Å². The van der Waals surface area contributed by atoms with Crippen LogP contribution in [0.5, 0.6) is 0 Å². The molecule has 0 heterocycles. The number of amides is 8. The highest BCUT2D eigenvalue weighted by molar-refractivity contribution is 5.98. The molecule has 19 heteroatoms. The number of carbonyl (C=O) groups is 9. The third-order valence-electron chi connectivity index (χ3n) is 15.4. The minimum absolute atomic E-state index is 0.179. The summed E-state index contributed by atoms with van der Waals surface area (Å²) in [6.07, 6.45) is 3.83. The van der Waals surface area contributed by atoms with Crippen LogP contribution >= 0.6 is 0 Å². The normalized spacial score (nSPS) is 18.7. The van der Waals surface area contributed by atoms with Gasteiger partial charge in [-0.3, -0.25) is 38.4 Å². The first kappa shape index (κ1) is 67.2. The molecule has 19 nitrogen and oxygen atoms in total. The Bertz CT molecular complexity index is 1770. The van der Waals surface area contributed by atoms with Crippen molar-refractivity contribution in [3.05, 3.63) is 0 Å². The summed E-state index contributed by atoms with van der Waals surface area (Å²) in [5.41, 5.74) is 6.11. The number of hydrogen-bond acceptors (Lipinski definition) is 10. The molecule has 0 aromatic heterocycles. The molecule has 0 aliphatic carbocycles. The minimum atomic E-state index is -1.19. The van der Waals surface area contributed by atoms with Crippen molar-refractivity contribution >= 4 is 53.2 Å². The quantitative estimate of drug-likeness (QED) is 0.0434. The molecule has 0 spiro atoms. The topological polar surface area (TPSA) is 296 Å². The van der Waals surface area contributed by atoms with Crippen molar-refractivity contribution in [3.63, 3.8) is 0 Å². The van der Waals surface area contributed by atoms with Crippen LogP contribution in [-0.2, 0) is 43.2 Å². The van der Waals surface area contributed by atoms with E-state index in [1.807, 2.05) is 62.3 Å². The molecule has 8 amide bonds. The van der Waals surface area contributed by atoms with E-state index in [4.69, 9.17) is 5.73 Å². The summed E-state index contributed by atoms with van der Waals surface area (Å²) in [5.74, 6) is -9.50. The molecular weight excluding hydrogens is 923 g/mol. The van der Waals surface area contributed by atoms with Crippen molar-refractivity contribution in [3.8, 4) is 0 Å². The fourth-order valence-corrected chi connectivity index (χ4v) is 7.85. The van der Waals surface area contributed by atoms with Gasteiger partial charge in [-0.1, -0.05) is 176 Å². The third-order valence-corrected chi connectivity index (χ3v) is 15.4. The van der Waals surface area contributed by atoms with Gasteiger partial charge in [-0.2, -0.15) is 0 Å². The van der Waals surface area contributed by atoms with Crippen molar-refractivity contribution < 1.29 is 48.3 Å². The summed E-state index contributed by atoms with van der Waals surface area (Å²) in [4.78, 5) is 124. The van der Waals surface area contributed by atoms with E-state index in [9.17, 15) is 48.3 Å². The highest BCUT2D eigenvalue weighted by atomic mass is 16.4. The average Bonchev–Trinajstić information content (AvgIpc) is 3.36. The Hall–Kier alpha value is -4.81. The summed E-state index contributed by atoms with van der Waals surface area (Å²) in [6.45, 7) is 32.6. The summed E-state index contributed by atoms with van der Waals surface area (Å²) in [6, 6.07) is -9.83. The molecule has 0 fully saturated rings. The summed E-state index contributed by atoms with van der Waals surface area (Å²) < 4.78 is 0. The summed E-state index contributed by atoms with van der Waals surface area (Å²) in [5, 5.41) is 32.4.